The molecule has 8 heteroatoms. The summed E-state index contributed by atoms with van der Waals surface area (Å²) in [5.41, 5.74) is 3.73. The van der Waals surface area contributed by atoms with Crippen molar-refractivity contribution in [3.63, 3.8) is 0 Å². The number of hydrogen-bond donors (Lipinski definition) is 1. The lowest BCUT2D eigenvalue weighted by molar-refractivity contribution is -0.113. The fourth-order valence-corrected chi connectivity index (χ4v) is 4.57. The van der Waals surface area contributed by atoms with Crippen LogP contribution in [-0.4, -0.2) is 33.5 Å². The van der Waals surface area contributed by atoms with Crippen molar-refractivity contribution in [2.24, 2.45) is 0 Å². The van der Waals surface area contributed by atoms with Crippen molar-refractivity contribution < 1.29 is 9.53 Å². The second-order valence-electron chi connectivity index (χ2n) is 8.08. The van der Waals surface area contributed by atoms with Crippen LogP contribution in [0.25, 0.3) is 17.1 Å². The number of nitrogens with zero attached hydrogens (tertiary/aromatic N) is 3. The number of methoxy groups -OCH3 is 1. The Morgan fingerprint density at radius 2 is 1.77 bits per heavy atom. The zero-order valence-corrected chi connectivity index (χ0v) is 21.4. The highest BCUT2D eigenvalue weighted by atomic mass is 35.5. The number of carbonyl (C=O) groups excluding carboxylic acids is 1. The Balaban J connectivity index is 1.58. The van der Waals surface area contributed by atoms with Crippen LogP contribution in [0.5, 0.6) is 5.75 Å². The largest absolute Gasteiger partial charge is 0.497 e. The zero-order valence-electron chi connectivity index (χ0n) is 19.9. The summed E-state index contributed by atoms with van der Waals surface area (Å²) in [5.74, 6) is 1.89. The lowest BCUT2D eigenvalue weighted by atomic mass is 9.97. The van der Waals surface area contributed by atoms with Gasteiger partial charge in [-0.15, -0.1) is 10.2 Å². The molecule has 1 amide bonds. The van der Waals surface area contributed by atoms with Crippen LogP contribution in [0.3, 0.4) is 0 Å². The molecule has 1 atom stereocenters. The maximum Gasteiger partial charge on any atom is 0.234 e. The van der Waals surface area contributed by atoms with Gasteiger partial charge in [-0.1, -0.05) is 55.4 Å². The molecule has 4 rings (SSSR count). The summed E-state index contributed by atoms with van der Waals surface area (Å²) in [5, 5.41) is 13.2. The molecule has 0 aliphatic heterocycles. The van der Waals surface area contributed by atoms with E-state index in [1.54, 1.807) is 7.11 Å². The number of benzene rings is 3. The first-order valence-electron chi connectivity index (χ1n) is 11.4. The Kier molecular flexibility index (Phi) is 8.10. The van der Waals surface area contributed by atoms with Gasteiger partial charge in [-0.3, -0.25) is 9.36 Å². The van der Waals surface area contributed by atoms with Crippen molar-refractivity contribution in [2.45, 2.75) is 31.3 Å². The molecule has 3 aromatic carbocycles. The minimum absolute atomic E-state index is 0.0950. The maximum atomic E-state index is 12.9. The molecule has 0 saturated heterocycles. The summed E-state index contributed by atoms with van der Waals surface area (Å²) in [6, 6.07) is 23.0. The second kappa shape index (κ2) is 11.4. The van der Waals surface area contributed by atoms with Crippen LogP contribution in [-0.2, 0) is 4.79 Å². The normalized spacial score (nSPS) is 11.8. The molecule has 1 heterocycles. The molecular formula is C27H27ClN4O2S. The third kappa shape index (κ3) is 5.86. The average Bonchev–Trinajstić information content (AvgIpc) is 3.31. The molecular weight excluding hydrogens is 480 g/mol. The quantitative estimate of drug-likeness (QED) is 0.252. The molecule has 180 valence electrons. The first-order chi connectivity index (χ1) is 17.0. The van der Waals surface area contributed by atoms with Crippen LogP contribution >= 0.6 is 23.4 Å². The predicted octanol–water partition coefficient (Wildman–Crippen LogP) is 6.84. The average molecular weight is 507 g/mol. The van der Waals surface area contributed by atoms with Crippen molar-refractivity contribution in [3.05, 3.63) is 83.4 Å². The smallest absolute Gasteiger partial charge is 0.234 e. The van der Waals surface area contributed by atoms with E-state index in [9.17, 15) is 4.79 Å². The number of para-hydroxylation sites is 1. The number of thioether (sulfide) groups is 1. The van der Waals surface area contributed by atoms with Crippen LogP contribution in [0.1, 0.15) is 31.7 Å². The van der Waals surface area contributed by atoms with Gasteiger partial charge in [-0.2, -0.15) is 0 Å². The third-order valence-corrected chi connectivity index (χ3v) is 6.96. The van der Waals surface area contributed by atoms with Crippen molar-refractivity contribution >= 4 is 35.0 Å². The molecule has 35 heavy (non-hydrogen) atoms. The third-order valence-electron chi connectivity index (χ3n) is 5.78. The highest BCUT2D eigenvalue weighted by Crippen LogP contribution is 2.30. The highest BCUT2D eigenvalue weighted by molar-refractivity contribution is 7.99. The van der Waals surface area contributed by atoms with Crippen molar-refractivity contribution in [1.29, 1.82) is 0 Å². The number of anilines is 1. The van der Waals surface area contributed by atoms with Crippen LogP contribution in [0.4, 0.5) is 5.69 Å². The Morgan fingerprint density at radius 3 is 2.46 bits per heavy atom. The second-order valence-corrected chi connectivity index (χ2v) is 9.46. The number of nitrogens with one attached hydrogen (secondary N) is 1. The van der Waals surface area contributed by atoms with Gasteiger partial charge in [-0.25, -0.2) is 0 Å². The fraction of sp³-hybridized carbons (Fsp3) is 0.222. The minimum Gasteiger partial charge on any atom is -0.497 e. The van der Waals surface area contributed by atoms with Gasteiger partial charge in [0.25, 0.3) is 0 Å². The molecule has 0 radical (unpaired) electrons. The molecule has 0 aliphatic rings. The summed E-state index contributed by atoms with van der Waals surface area (Å²) in [6.45, 7) is 4.30. The number of amides is 1. The number of ether oxygens (including phenoxy) is 1. The lowest BCUT2D eigenvalue weighted by Gasteiger charge is -2.15. The number of halogens is 1. The molecule has 0 saturated carbocycles. The number of rotatable bonds is 9. The van der Waals surface area contributed by atoms with E-state index < -0.39 is 0 Å². The van der Waals surface area contributed by atoms with Crippen LogP contribution in [0.2, 0.25) is 5.02 Å². The topological polar surface area (TPSA) is 69.0 Å². The first-order valence-corrected chi connectivity index (χ1v) is 12.7. The van der Waals surface area contributed by atoms with Crippen molar-refractivity contribution in [1.82, 2.24) is 14.8 Å². The molecule has 0 aliphatic carbocycles. The maximum absolute atomic E-state index is 12.9. The Hall–Kier alpha value is -3.29. The van der Waals surface area contributed by atoms with Crippen LogP contribution in [0, 0.1) is 0 Å². The van der Waals surface area contributed by atoms with E-state index in [0.29, 0.717) is 21.9 Å². The van der Waals surface area contributed by atoms with Gasteiger partial charge in [0.15, 0.2) is 11.0 Å². The molecule has 0 spiro atoms. The van der Waals surface area contributed by atoms with Crippen LogP contribution in [0.15, 0.2) is 78.0 Å². The van der Waals surface area contributed by atoms with Gasteiger partial charge >= 0.3 is 0 Å². The molecule has 1 aromatic heterocycles. The summed E-state index contributed by atoms with van der Waals surface area (Å²) < 4.78 is 7.21. The minimum atomic E-state index is -0.0950. The molecule has 4 aromatic rings. The zero-order chi connectivity index (χ0) is 24.8. The lowest BCUT2D eigenvalue weighted by Crippen LogP contribution is -2.16. The number of aromatic nitrogens is 3. The van der Waals surface area contributed by atoms with E-state index in [1.807, 2.05) is 71.3 Å². The van der Waals surface area contributed by atoms with Crippen molar-refractivity contribution in [3.8, 4) is 22.8 Å². The molecule has 0 fully saturated rings. The Labute approximate surface area is 214 Å². The molecule has 1 N–H and O–H groups in total. The van der Waals surface area contributed by atoms with E-state index in [1.165, 1.54) is 11.8 Å². The van der Waals surface area contributed by atoms with Gasteiger partial charge in [0, 0.05) is 22.0 Å². The summed E-state index contributed by atoms with van der Waals surface area (Å²) in [4.78, 5) is 12.9. The van der Waals surface area contributed by atoms with Gasteiger partial charge in [0.2, 0.25) is 5.91 Å². The summed E-state index contributed by atoms with van der Waals surface area (Å²) in [7, 11) is 1.63. The highest BCUT2D eigenvalue weighted by Gasteiger charge is 2.18. The first kappa shape index (κ1) is 24.8. The molecule has 1 unspecified atom stereocenters. The van der Waals surface area contributed by atoms with Gasteiger partial charge in [0.1, 0.15) is 5.75 Å². The van der Waals surface area contributed by atoms with E-state index in [0.717, 1.165) is 34.7 Å². The molecule has 0 bridgehead atoms. The fourth-order valence-electron chi connectivity index (χ4n) is 3.69. The monoisotopic (exact) mass is 506 g/mol. The Bertz CT molecular complexity index is 1290. The summed E-state index contributed by atoms with van der Waals surface area (Å²) >= 11 is 7.45. The predicted molar refractivity (Wildman–Crippen MR) is 143 cm³/mol. The van der Waals surface area contributed by atoms with Crippen molar-refractivity contribution in [2.75, 3.05) is 18.2 Å². The van der Waals surface area contributed by atoms with Gasteiger partial charge in [0.05, 0.1) is 12.9 Å². The van der Waals surface area contributed by atoms with Gasteiger partial charge < -0.3 is 10.1 Å². The number of carbonyl (C=O) groups is 1. The Morgan fingerprint density at radius 1 is 1.06 bits per heavy atom. The number of hydrogen-bond acceptors (Lipinski definition) is 5. The van der Waals surface area contributed by atoms with E-state index >= 15 is 0 Å². The molecule has 6 nitrogen and oxygen atoms in total. The standard InChI is InChI=1S/C27H27ClN4O2S/c1-4-18(2)23-7-5-6-8-24(23)29-25(33)17-35-27-31-30-26(19-9-15-22(34-3)16-10-19)32(27)21-13-11-20(28)12-14-21/h5-16,18H,4,17H2,1-3H3,(H,29,33). The van der Waals surface area contributed by atoms with Gasteiger partial charge in [-0.05, 0) is 72.5 Å². The SMILES string of the molecule is CCC(C)c1ccccc1NC(=O)CSc1nnc(-c2ccc(OC)cc2)n1-c1ccc(Cl)cc1. The van der Waals surface area contributed by atoms with E-state index in [-0.39, 0.29) is 11.7 Å². The van der Waals surface area contributed by atoms with E-state index in [2.05, 4.69) is 35.4 Å². The summed E-state index contributed by atoms with van der Waals surface area (Å²) in [6.07, 6.45) is 1.000. The van der Waals surface area contributed by atoms with Crippen LogP contribution < -0.4 is 10.1 Å². The van der Waals surface area contributed by atoms with E-state index in [4.69, 9.17) is 16.3 Å².